The first-order valence-electron chi connectivity index (χ1n) is 6.97. The van der Waals surface area contributed by atoms with Crippen LogP contribution in [0.5, 0.6) is 0 Å². The Morgan fingerprint density at radius 1 is 1.25 bits per heavy atom. The van der Waals surface area contributed by atoms with Gasteiger partial charge in [-0.25, -0.2) is 4.79 Å². The zero-order chi connectivity index (χ0) is 15.6. The molecule has 1 unspecified atom stereocenters. The quantitative estimate of drug-likeness (QED) is 0.780. The van der Waals surface area contributed by atoms with E-state index in [0.29, 0.717) is 6.54 Å². The molecule has 1 aliphatic rings. The minimum Gasteiger partial charge on any atom is -0.444 e. The number of nitrogens with zero attached hydrogens (tertiary/aromatic N) is 1. The maximum Gasteiger partial charge on any atom is 0.407 e. The fraction of sp³-hybridized carbons (Fsp3) is 0.857. The minimum atomic E-state index is -0.569. The summed E-state index contributed by atoms with van der Waals surface area (Å²) in [6.45, 7) is 10.4. The summed E-state index contributed by atoms with van der Waals surface area (Å²) in [4.78, 5) is 25.8. The van der Waals surface area contributed by atoms with E-state index in [2.05, 4.69) is 21.2 Å². The van der Waals surface area contributed by atoms with Crippen LogP contribution in [0.15, 0.2) is 0 Å². The Morgan fingerprint density at radius 2 is 1.85 bits per heavy atom. The molecule has 5 nitrogen and oxygen atoms in total. The lowest BCUT2D eigenvalue weighted by Gasteiger charge is -2.36. The first kappa shape index (κ1) is 17.3. The largest absolute Gasteiger partial charge is 0.444 e. The predicted octanol–water partition coefficient (Wildman–Crippen LogP) is 2.68. The van der Waals surface area contributed by atoms with Crippen LogP contribution in [0, 0.1) is 0 Å². The van der Waals surface area contributed by atoms with Crippen molar-refractivity contribution >= 4 is 27.9 Å². The monoisotopic (exact) mass is 348 g/mol. The van der Waals surface area contributed by atoms with Gasteiger partial charge >= 0.3 is 6.09 Å². The molecule has 0 aromatic rings. The Labute approximate surface area is 129 Å². The summed E-state index contributed by atoms with van der Waals surface area (Å²) in [5, 5.41) is 2.84. The highest BCUT2D eigenvalue weighted by Gasteiger charge is 2.33. The Balaban J connectivity index is 2.53. The molecule has 1 atom stereocenters. The first-order chi connectivity index (χ1) is 8.99. The molecule has 2 amide bonds. The van der Waals surface area contributed by atoms with Gasteiger partial charge in [-0.2, -0.15) is 0 Å². The average Bonchev–Trinajstić information content (AvgIpc) is 2.24. The van der Waals surface area contributed by atoms with Crippen molar-refractivity contribution in [2.45, 2.75) is 63.4 Å². The molecule has 0 radical (unpaired) electrons. The van der Waals surface area contributed by atoms with Gasteiger partial charge in [-0.3, -0.25) is 4.79 Å². The highest BCUT2D eigenvalue weighted by atomic mass is 79.9. The average molecular weight is 349 g/mol. The molecule has 1 heterocycles. The fourth-order valence-corrected chi connectivity index (χ4v) is 2.38. The van der Waals surface area contributed by atoms with Crippen LogP contribution in [0.1, 0.15) is 47.5 Å². The molecule has 0 saturated carbocycles. The van der Waals surface area contributed by atoms with E-state index < -0.39 is 16.0 Å². The van der Waals surface area contributed by atoms with E-state index >= 15 is 0 Å². The topological polar surface area (TPSA) is 58.6 Å². The molecule has 1 N–H and O–H groups in total. The van der Waals surface area contributed by atoms with Crippen molar-refractivity contribution in [3.05, 3.63) is 0 Å². The number of rotatable bonds is 2. The summed E-state index contributed by atoms with van der Waals surface area (Å²) < 4.78 is 4.67. The zero-order valence-electron chi connectivity index (χ0n) is 13.0. The van der Waals surface area contributed by atoms with E-state index in [9.17, 15) is 9.59 Å². The summed E-state index contributed by atoms with van der Waals surface area (Å²) in [5.74, 6) is 0.0492. The van der Waals surface area contributed by atoms with Crippen molar-refractivity contribution in [3.8, 4) is 0 Å². The highest BCUT2D eigenvalue weighted by molar-refractivity contribution is 9.10. The van der Waals surface area contributed by atoms with Crippen LogP contribution < -0.4 is 5.32 Å². The number of nitrogens with one attached hydrogen (secondary N) is 1. The maximum absolute atomic E-state index is 12.2. The van der Waals surface area contributed by atoms with Crippen molar-refractivity contribution in [1.29, 1.82) is 0 Å². The number of amides is 2. The van der Waals surface area contributed by atoms with E-state index in [1.165, 1.54) is 0 Å². The molecule has 6 heteroatoms. The Bertz CT molecular complexity index is 372. The van der Waals surface area contributed by atoms with Crippen LogP contribution in [0.25, 0.3) is 0 Å². The van der Waals surface area contributed by atoms with Crippen LogP contribution in [0.4, 0.5) is 4.79 Å². The third-order valence-corrected chi connectivity index (χ3v) is 3.28. The highest BCUT2D eigenvalue weighted by Crippen LogP contribution is 2.22. The maximum atomic E-state index is 12.2. The lowest BCUT2D eigenvalue weighted by Crippen LogP contribution is -2.53. The van der Waals surface area contributed by atoms with Gasteiger partial charge < -0.3 is 15.0 Å². The summed E-state index contributed by atoms with van der Waals surface area (Å²) in [5.41, 5.74) is -0.508. The van der Waals surface area contributed by atoms with E-state index in [1.807, 2.05) is 34.6 Å². The lowest BCUT2D eigenvalue weighted by atomic mass is 10.0. The van der Waals surface area contributed by atoms with Gasteiger partial charge in [0.25, 0.3) is 0 Å². The van der Waals surface area contributed by atoms with Crippen molar-refractivity contribution in [1.82, 2.24) is 10.2 Å². The number of halogens is 1. The standard InChI is InChI=1S/C14H25BrN2O3/c1-13(2,3)20-12(19)16-10-7-6-8-17(9-10)11(18)14(4,5)15/h10H,6-9H2,1-5H3,(H,16,19). The second-order valence-corrected chi connectivity index (χ2v) is 8.69. The molecule has 0 bridgehead atoms. The van der Waals surface area contributed by atoms with Crippen LogP contribution in [0.3, 0.4) is 0 Å². The minimum absolute atomic E-state index is 0.0441. The van der Waals surface area contributed by atoms with E-state index in [1.54, 1.807) is 4.90 Å². The molecule has 0 aromatic heterocycles. The number of alkyl carbamates (subject to hydrolysis) is 1. The molecule has 1 saturated heterocycles. The molecule has 0 aliphatic carbocycles. The lowest BCUT2D eigenvalue weighted by molar-refractivity contribution is -0.134. The Kier molecular flexibility index (Phi) is 5.46. The van der Waals surface area contributed by atoms with Crippen LogP contribution in [0.2, 0.25) is 0 Å². The van der Waals surface area contributed by atoms with Gasteiger partial charge in [0.05, 0.1) is 4.32 Å². The molecule has 116 valence electrons. The molecular weight excluding hydrogens is 324 g/mol. The van der Waals surface area contributed by atoms with E-state index in [4.69, 9.17) is 4.74 Å². The molecule has 0 spiro atoms. The molecule has 1 fully saturated rings. The molecule has 1 rings (SSSR count). The number of alkyl halides is 1. The predicted molar refractivity (Wildman–Crippen MR) is 82.0 cm³/mol. The summed E-state index contributed by atoms with van der Waals surface area (Å²) in [7, 11) is 0. The summed E-state index contributed by atoms with van der Waals surface area (Å²) >= 11 is 3.39. The van der Waals surface area contributed by atoms with Crippen LogP contribution in [-0.4, -0.2) is 46.0 Å². The Hall–Kier alpha value is -0.780. The van der Waals surface area contributed by atoms with E-state index in [-0.39, 0.29) is 11.9 Å². The van der Waals surface area contributed by atoms with Gasteiger partial charge in [0.2, 0.25) is 5.91 Å². The van der Waals surface area contributed by atoms with Crippen molar-refractivity contribution < 1.29 is 14.3 Å². The van der Waals surface area contributed by atoms with Gasteiger partial charge in [-0.05, 0) is 47.5 Å². The normalized spacial score (nSPS) is 20.5. The van der Waals surface area contributed by atoms with Crippen molar-refractivity contribution in [2.75, 3.05) is 13.1 Å². The second kappa shape index (κ2) is 6.33. The van der Waals surface area contributed by atoms with Gasteiger partial charge in [-0.15, -0.1) is 0 Å². The summed E-state index contributed by atoms with van der Waals surface area (Å²) in [6.07, 6.45) is 1.33. The van der Waals surface area contributed by atoms with Crippen LogP contribution >= 0.6 is 15.9 Å². The number of hydrogen-bond acceptors (Lipinski definition) is 3. The smallest absolute Gasteiger partial charge is 0.407 e. The third kappa shape index (κ3) is 5.69. The van der Waals surface area contributed by atoms with Crippen molar-refractivity contribution in [3.63, 3.8) is 0 Å². The number of piperidine rings is 1. The number of ether oxygens (including phenoxy) is 1. The van der Waals surface area contributed by atoms with Gasteiger partial charge in [0, 0.05) is 19.1 Å². The molecule has 20 heavy (non-hydrogen) atoms. The van der Waals surface area contributed by atoms with Crippen LogP contribution in [-0.2, 0) is 9.53 Å². The molecular formula is C14H25BrN2O3. The number of hydrogen-bond donors (Lipinski definition) is 1. The third-order valence-electron chi connectivity index (χ3n) is 2.94. The van der Waals surface area contributed by atoms with Gasteiger partial charge in [0.1, 0.15) is 5.60 Å². The fourth-order valence-electron chi connectivity index (χ4n) is 2.13. The SMILES string of the molecule is CC(C)(C)OC(=O)NC1CCCN(C(=O)C(C)(C)Br)C1. The van der Waals surface area contributed by atoms with E-state index in [0.717, 1.165) is 19.4 Å². The van der Waals surface area contributed by atoms with Crippen molar-refractivity contribution in [2.24, 2.45) is 0 Å². The second-order valence-electron chi connectivity index (χ2n) is 6.71. The Morgan fingerprint density at radius 3 is 2.35 bits per heavy atom. The number of carbonyl (C=O) groups is 2. The molecule has 0 aromatic carbocycles. The summed E-state index contributed by atoms with van der Waals surface area (Å²) in [6, 6.07) is -0.0441. The number of likely N-dealkylation sites (tertiary alicyclic amines) is 1. The zero-order valence-corrected chi connectivity index (χ0v) is 14.5. The first-order valence-corrected chi connectivity index (χ1v) is 7.76. The van der Waals surface area contributed by atoms with Gasteiger partial charge in [0.15, 0.2) is 0 Å². The number of carbonyl (C=O) groups excluding carboxylic acids is 2. The van der Waals surface area contributed by atoms with Gasteiger partial charge in [-0.1, -0.05) is 15.9 Å². The molecule has 1 aliphatic heterocycles.